The lowest BCUT2D eigenvalue weighted by Crippen LogP contribution is -2.31. The van der Waals surface area contributed by atoms with Crippen molar-refractivity contribution in [3.8, 4) is 0 Å². The van der Waals surface area contributed by atoms with Crippen LogP contribution in [0.5, 0.6) is 0 Å². The summed E-state index contributed by atoms with van der Waals surface area (Å²) in [6.07, 6.45) is 2.31. The van der Waals surface area contributed by atoms with Crippen molar-refractivity contribution in [2.24, 2.45) is 0 Å². The smallest absolute Gasteiger partial charge is 0.0639 e. The average Bonchev–Trinajstić information content (AvgIpc) is 2.79. The highest BCUT2D eigenvalue weighted by Crippen LogP contribution is 2.21. The summed E-state index contributed by atoms with van der Waals surface area (Å²) in [6.45, 7) is 6.37. The van der Waals surface area contributed by atoms with Crippen molar-refractivity contribution in [2.45, 2.75) is 39.3 Å². The van der Waals surface area contributed by atoms with Gasteiger partial charge in [-0.2, -0.15) is 5.10 Å². The van der Waals surface area contributed by atoms with Crippen LogP contribution in [0.3, 0.4) is 0 Å². The van der Waals surface area contributed by atoms with E-state index in [4.69, 9.17) is 0 Å². The molecule has 1 aromatic rings. The summed E-state index contributed by atoms with van der Waals surface area (Å²) in [5.41, 5.74) is 3.52. The van der Waals surface area contributed by atoms with Gasteiger partial charge in [-0.05, 0) is 33.2 Å². The summed E-state index contributed by atoms with van der Waals surface area (Å²) < 4.78 is 0. The van der Waals surface area contributed by atoms with E-state index in [1.807, 2.05) is 6.92 Å². The van der Waals surface area contributed by atoms with E-state index < -0.39 is 0 Å². The SMILES string of the molecule is Cc1n[nH]c(C)c1CN1CCCC1CO. The van der Waals surface area contributed by atoms with Crippen LogP contribution in [0.2, 0.25) is 0 Å². The molecule has 0 spiro atoms. The highest BCUT2D eigenvalue weighted by atomic mass is 16.3. The first kappa shape index (κ1) is 10.6. The predicted molar refractivity (Wildman–Crippen MR) is 58.6 cm³/mol. The van der Waals surface area contributed by atoms with Crippen LogP contribution < -0.4 is 0 Å². The molecule has 84 valence electrons. The van der Waals surface area contributed by atoms with E-state index in [0.29, 0.717) is 6.04 Å². The fourth-order valence-electron chi connectivity index (χ4n) is 2.32. The minimum Gasteiger partial charge on any atom is -0.395 e. The Morgan fingerprint density at radius 2 is 2.33 bits per heavy atom. The summed E-state index contributed by atoms with van der Waals surface area (Å²) in [4.78, 5) is 2.35. The molecular formula is C11H19N3O. The molecule has 0 aromatic carbocycles. The Bertz CT molecular complexity index is 315. The normalized spacial score (nSPS) is 22.5. The number of aryl methyl sites for hydroxylation is 2. The zero-order valence-corrected chi connectivity index (χ0v) is 9.45. The quantitative estimate of drug-likeness (QED) is 0.780. The van der Waals surface area contributed by atoms with Gasteiger partial charge in [0, 0.05) is 23.8 Å². The van der Waals surface area contributed by atoms with Crippen LogP contribution in [0.15, 0.2) is 0 Å². The van der Waals surface area contributed by atoms with Crippen LogP contribution in [0.25, 0.3) is 0 Å². The maximum atomic E-state index is 9.24. The zero-order chi connectivity index (χ0) is 10.8. The number of H-pyrrole nitrogens is 1. The van der Waals surface area contributed by atoms with E-state index in [1.54, 1.807) is 0 Å². The van der Waals surface area contributed by atoms with Gasteiger partial charge in [0.1, 0.15) is 0 Å². The molecule has 1 saturated heterocycles. The van der Waals surface area contributed by atoms with E-state index in [-0.39, 0.29) is 6.61 Å². The lowest BCUT2D eigenvalue weighted by molar-refractivity contribution is 0.153. The molecule has 0 saturated carbocycles. The molecule has 2 heterocycles. The molecule has 2 rings (SSSR count). The van der Waals surface area contributed by atoms with E-state index >= 15 is 0 Å². The summed E-state index contributed by atoms with van der Waals surface area (Å²) in [5, 5.41) is 16.4. The van der Waals surface area contributed by atoms with Gasteiger partial charge in [-0.25, -0.2) is 0 Å². The second-order valence-electron chi connectivity index (χ2n) is 4.36. The second kappa shape index (κ2) is 4.33. The van der Waals surface area contributed by atoms with Crippen LogP contribution >= 0.6 is 0 Å². The van der Waals surface area contributed by atoms with Crippen molar-refractivity contribution >= 4 is 0 Å². The van der Waals surface area contributed by atoms with Crippen molar-refractivity contribution in [1.29, 1.82) is 0 Å². The monoisotopic (exact) mass is 209 g/mol. The number of nitrogens with one attached hydrogen (secondary N) is 1. The summed E-state index contributed by atoms with van der Waals surface area (Å²) in [7, 11) is 0. The van der Waals surface area contributed by atoms with Crippen molar-refractivity contribution in [1.82, 2.24) is 15.1 Å². The number of hydrogen-bond acceptors (Lipinski definition) is 3. The Morgan fingerprint density at radius 3 is 2.93 bits per heavy atom. The van der Waals surface area contributed by atoms with Crippen molar-refractivity contribution in [3.63, 3.8) is 0 Å². The van der Waals surface area contributed by atoms with E-state index in [1.165, 1.54) is 12.0 Å². The molecule has 1 aliphatic heterocycles. The number of aromatic amines is 1. The average molecular weight is 209 g/mol. The molecule has 2 N–H and O–H groups in total. The van der Waals surface area contributed by atoms with E-state index in [2.05, 4.69) is 22.0 Å². The largest absolute Gasteiger partial charge is 0.395 e. The highest BCUT2D eigenvalue weighted by Gasteiger charge is 2.24. The Morgan fingerprint density at radius 1 is 1.53 bits per heavy atom. The third-order valence-corrected chi connectivity index (χ3v) is 3.35. The molecule has 1 fully saturated rings. The first-order chi connectivity index (χ1) is 7.22. The van der Waals surface area contributed by atoms with Gasteiger partial charge >= 0.3 is 0 Å². The molecule has 15 heavy (non-hydrogen) atoms. The molecule has 4 heteroatoms. The topological polar surface area (TPSA) is 52.2 Å². The third-order valence-electron chi connectivity index (χ3n) is 3.35. The number of likely N-dealkylation sites (tertiary alicyclic amines) is 1. The lowest BCUT2D eigenvalue weighted by Gasteiger charge is -2.22. The van der Waals surface area contributed by atoms with Gasteiger partial charge in [0.25, 0.3) is 0 Å². The van der Waals surface area contributed by atoms with Crippen LogP contribution in [0, 0.1) is 13.8 Å². The fraction of sp³-hybridized carbons (Fsp3) is 0.727. The number of nitrogens with zero attached hydrogens (tertiary/aromatic N) is 2. The van der Waals surface area contributed by atoms with Gasteiger partial charge in [0.05, 0.1) is 12.3 Å². The third kappa shape index (κ3) is 2.06. The highest BCUT2D eigenvalue weighted by molar-refractivity contribution is 5.23. The lowest BCUT2D eigenvalue weighted by atomic mass is 10.1. The molecule has 1 unspecified atom stereocenters. The van der Waals surface area contributed by atoms with Gasteiger partial charge in [-0.15, -0.1) is 0 Å². The minimum atomic E-state index is 0.274. The van der Waals surface area contributed by atoms with E-state index in [9.17, 15) is 5.11 Å². The van der Waals surface area contributed by atoms with Crippen molar-refractivity contribution < 1.29 is 5.11 Å². The molecular weight excluding hydrogens is 190 g/mol. The molecule has 4 nitrogen and oxygen atoms in total. The predicted octanol–water partition coefficient (Wildman–Crippen LogP) is 0.983. The first-order valence-electron chi connectivity index (χ1n) is 5.57. The van der Waals surface area contributed by atoms with Crippen molar-refractivity contribution in [3.05, 3.63) is 17.0 Å². The molecule has 0 radical (unpaired) electrons. The Hall–Kier alpha value is -0.870. The second-order valence-corrected chi connectivity index (χ2v) is 4.36. The maximum absolute atomic E-state index is 9.24. The molecule has 0 bridgehead atoms. The zero-order valence-electron chi connectivity index (χ0n) is 9.45. The van der Waals surface area contributed by atoms with Crippen LogP contribution in [0.4, 0.5) is 0 Å². The Balaban J connectivity index is 2.08. The van der Waals surface area contributed by atoms with Gasteiger partial charge in [0.2, 0.25) is 0 Å². The van der Waals surface area contributed by atoms with Gasteiger partial charge in [-0.1, -0.05) is 0 Å². The van der Waals surface area contributed by atoms with Crippen LogP contribution in [-0.2, 0) is 6.54 Å². The number of aliphatic hydroxyl groups excluding tert-OH is 1. The number of rotatable bonds is 3. The van der Waals surface area contributed by atoms with Crippen LogP contribution in [0.1, 0.15) is 29.8 Å². The maximum Gasteiger partial charge on any atom is 0.0639 e. The number of aromatic nitrogens is 2. The first-order valence-corrected chi connectivity index (χ1v) is 5.57. The summed E-state index contributed by atoms with van der Waals surface area (Å²) >= 11 is 0. The van der Waals surface area contributed by atoms with E-state index in [0.717, 1.165) is 30.9 Å². The number of aliphatic hydroxyl groups is 1. The number of hydrogen-bond donors (Lipinski definition) is 2. The Kier molecular flexibility index (Phi) is 3.07. The molecule has 1 atom stereocenters. The van der Waals surface area contributed by atoms with Gasteiger partial charge in [0.15, 0.2) is 0 Å². The minimum absolute atomic E-state index is 0.274. The van der Waals surface area contributed by atoms with Crippen molar-refractivity contribution in [2.75, 3.05) is 13.2 Å². The van der Waals surface area contributed by atoms with Gasteiger partial charge in [-0.3, -0.25) is 10.00 Å². The molecule has 1 aromatic heterocycles. The molecule has 0 aliphatic carbocycles. The molecule has 1 aliphatic rings. The molecule has 0 amide bonds. The van der Waals surface area contributed by atoms with Crippen LogP contribution in [-0.4, -0.2) is 39.4 Å². The fourth-order valence-corrected chi connectivity index (χ4v) is 2.32. The van der Waals surface area contributed by atoms with Gasteiger partial charge < -0.3 is 5.11 Å². The summed E-state index contributed by atoms with van der Waals surface area (Å²) in [5.74, 6) is 0. The Labute approximate surface area is 90.3 Å². The standard InChI is InChI=1S/C11H19N3O/c1-8-11(9(2)13-12-8)6-14-5-3-4-10(14)7-15/h10,15H,3-7H2,1-2H3,(H,12,13). The summed E-state index contributed by atoms with van der Waals surface area (Å²) in [6, 6.07) is 0.346.